The van der Waals surface area contributed by atoms with Crippen molar-refractivity contribution in [3.63, 3.8) is 0 Å². The van der Waals surface area contributed by atoms with Gasteiger partial charge in [-0.3, -0.25) is 0 Å². The zero-order valence-corrected chi connectivity index (χ0v) is 10.8. The third-order valence-corrected chi connectivity index (χ3v) is 4.06. The van der Waals surface area contributed by atoms with Gasteiger partial charge in [0.2, 0.25) is 0 Å². The second-order valence-corrected chi connectivity index (χ2v) is 5.66. The zero-order valence-electron chi connectivity index (χ0n) is 9.21. The molecule has 0 aliphatic heterocycles. The molecular weight excluding hydrogens is 254 g/mol. The van der Waals surface area contributed by atoms with Gasteiger partial charge < -0.3 is 5.11 Å². The van der Waals surface area contributed by atoms with Gasteiger partial charge in [0.05, 0.1) is 6.20 Å². The van der Waals surface area contributed by atoms with Crippen LogP contribution in [0.2, 0.25) is 0 Å². The Morgan fingerprint density at radius 2 is 2.12 bits per heavy atom. The smallest absolute Gasteiger partial charge is 0.347 e. The molecule has 1 aromatic heterocycles. The summed E-state index contributed by atoms with van der Waals surface area (Å²) in [5, 5.41) is 9.57. The predicted octanol–water partition coefficient (Wildman–Crippen LogP) is 3.62. The number of thiazole rings is 1. The molecule has 0 radical (unpaired) electrons. The van der Waals surface area contributed by atoms with Crippen LogP contribution in [0.25, 0.3) is 10.6 Å². The van der Waals surface area contributed by atoms with Crippen molar-refractivity contribution in [1.29, 1.82) is 0 Å². The number of hydrogen-bond donors (Lipinski definition) is 1. The molecule has 3 nitrogen and oxygen atoms in total. The normalized spacial score (nSPS) is 10.4. The van der Waals surface area contributed by atoms with Gasteiger partial charge in [0.25, 0.3) is 0 Å². The lowest BCUT2D eigenvalue weighted by atomic mass is 10.2. The van der Waals surface area contributed by atoms with Crippen LogP contribution in [-0.2, 0) is 0 Å². The van der Waals surface area contributed by atoms with Crippen LogP contribution < -0.4 is 0 Å². The van der Waals surface area contributed by atoms with E-state index in [0.29, 0.717) is 0 Å². The first-order valence-corrected chi connectivity index (χ1v) is 6.93. The minimum atomic E-state index is -0.924. The van der Waals surface area contributed by atoms with Crippen molar-refractivity contribution in [2.24, 2.45) is 0 Å². The third kappa shape index (κ3) is 2.87. The quantitative estimate of drug-likeness (QED) is 0.858. The fourth-order valence-corrected chi connectivity index (χ4v) is 2.79. The Balaban J connectivity index is 2.23. The molecule has 0 aliphatic rings. The Morgan fingerprint density at radius 3 is 2.65 bits per heavy atom. The average molecular weight is 265 g/mol. The number of nitrogens with zero attached hydrogens (tertiary/aromatic N) is 1. The molecular formula is C12H11NO2S2. The maximum atomic E-state index is 10.8. The van der Waals surface area contributed by atoms with Gasteiger partial charge in [-0.2, -0.15) is 0 Å². The van der Waals surface area contributed by atoms with Crippen molar-refractivity contribution in [3.8, 4) is 10.6 Å². The standard InChI is InChI=1S/C12H11NO2S2/c1-2-16-9-5-3-8(4-6-9)11-13-7-10(17-11)12(14)15/h3-7H,2H2,1H3,(H,14,15). The number of benzene rings is 1. The summed E-state index contributed by atoms with van der Waals surface area (Å²) in [7, 11) is 0. The summed E-state index contributed by atoms with van der Waals surface area (Å²) in [6, 6.07) is 8.02. The molecule has 0 saturated heterocycles. The van der Waals surface area contributed by atoms with E-state index in [1.807, 2.05) is 24.3 Å². The number of aromatic carboxylic acids is 1. The van der Waals surface area contributed by atoms with Gasteiger partial charge in [0.1, 0.15) is 9.88 Å². The molecule has 0 unspecified atom stereocenters. The topological polar surface area (TPSA) is 50.2 Å². The minimum absolute atomic E-state index is 0.270. The molecule has 88 valence electrons. The van der Waals surface area contributed by atoms with Crippen LogP contribution in [0.3, 0.4) is 0 Å². The van der Waals surface area contributed by atoms with Crippen molar-refractivity contribution in [1.82, 2.24) is 4.98 Å². The van der Waals surface area contributed by atoms with E-state index in [0.717, 1.165) is 16.3 Å². The number of hydrogen-bond acceptors (Lipinski definition) is 4. The van der Waals surface area contributed by atoms with Crippen molar-refractivity contribution < 1.29 is 9.90 Å². The number of aromatic nitrogens is 1. The molecule has 0 amide bonds. The first kappa shape index (κ1) is 12.1. The molecule has 2 aromatic rings. The molecule has 0 saturated carbocycles. The van der Waals surface area contributed by atoms with Gasteiger partial charge in [-0.05, 0) is 17.9 Å². The molecule has 1 aromatic carbocycles. The first-order chi connectivity index (χ1) is 8.20. The Hall–Kier alpha value is -1.33. The third-order valence-electron chi connectivity index (χ3n) is 2.13. The van der Waals surface area contributed by atoms with Crippen molar-refractivity contribution in [3.05, 3.63) is 35.3 Å². The largest absolute Gasteiger partial charge is 0.477 e. The maximum absolute atomic E-state index is 10.8. The minimum Gasteiger partial charge on any atom is -0.477 e. The van der Waals surface area contributed by atoms with Crippen LogP contribution in [0.4, 0.5) is 0 Å². The molecule has 0 fully saturated rings. The Morgan fingerprint density at radius 1 is 1.41 bits per heavy atom. The lowest BCUT2D eigenvalue weighted by Gasteiger charge is -1.99. The van der Waals surface area contributed by atoms with E-state index in [1.165, 1.54) is 22.4 Å². The lowest BCUT2D eigenvalue weighted by Crippen LogP contribution is -1.89. The van der Waals surface area contributed by atoms with Crippen LogP contribution in [0.5, 0.6) is 0 Å². The van der Waals surface area contributed by atoms with Crippen LogP contribution >= 0.6 is 23.1 Å². The van der Waals surface area contributed by atoms with Crippen LogP contribution in [0.15, 0.2) is 35.4 Å². The molecule has 0 spiro atoms. The van der Waals surface area contributed by atoms with Crippen molar-refractivity contribution >= 4 is 29.1 Å². The van der Waals surface area contributed by atoms with E-state index < -0.39 is 5.97 Å². The number of carboxylic acids is 1. The van der Waals surface area contributed by atoms with Gasteiger partial charge in [-0.1, -0.05) is 19.1 Å². The molecule has 17 heavy (non-hydrogen) atoms. The summed E-state index contributed by atoms with van der Waals surface area (Å²) >= 11 is 2.97. The summed E-state index contributed by atoms with van der Waals surface area (Å²) in [6.07, 6.45) is 1.40. The Bertz CT molecular complexity index is 520. The Kier molecular flexibility index (Phi) is 3.81. The van der Waals surface area contributed by atoms with E-state index in [4.69, 9.17) is 5.11 Å². The fourth-order valence-electron chi connectivity index (χ4n) is 1.37. The number of carbonyl (C=O) groups is 1. The maximum Gasteiger partial charge on any atom is 0.347 e. The monoisotopic (exact) mass is 265 g/mol. The number of rotatable bonds is 4. The number of thioether (sulfide) groups is 1. The summed E-state index contributed by atoms with van der Waals surface area (Å²) in [5.74, 6) is 0.117. The molecule has 5 heteroatoms. The summed E-state index contributed by atoms with van der Waals surface area (Å²) < 4.78 is 0. The first-order valence-electron chi connectivity index (χ1n) is 5.13. The molecule has 0 aliphatic carbocycles. The molecule has 0 bridgehead atoms. The van der Waals surface area contributed by atoms with Crippen molar-refractivity contribution in [2.75, 3.05) is 5.75 Å². The second kappa shape index (κ2) is 5.33. The van der Waals surface area contributed by atoms with Crippen LogP contribution in [0.1, 0.15) is 16.6 Å². The van der Waals surface area contributed by atoms with Gasteiger partial charge in [0.15, 0.2) is 0 Å². The van der Waals surface area contributed by atoms with Crippen LogP contribution in [-0.4, -0.2) is 21.8 Å². The summed E-state index contributed by atoms with van der Waals surface area (Å²) in [5.41, 5.74) is 0.961. The molecule has 0 atom stereocenters. The zero-order chi connectivity index (χ0) is 12.3. The van der Waals surface area contributed by atoms with E-state index in [9.17, 15) is 4.79 Å². The lowest BCUT2D eigenvalue weighted by molar-refractivity contribution is 0.0702. The summed E-state index contributed by atoms with van der Waals surface area (Å²) in [4.78, 5) is 16.4. The van der Waals surface area contributed by atoms with E-state index in [2.05, 4.69) is 11.9 Å². The Labute approximate surface area is 108 Å². The highest BCUT2D eigenvalue weighted by atomic mass is 32.2. The van der Waals surface area contributed by atoms with Gasteiger partial charge in [0, 0.05) is 10.5 Å². The number of carboxylic acid groups (broad SMARTS) is 1. The molecule has 2 rings (SSSR count). The molecule has 1 N–H and O–H groups in total. The van der Waals surface area contributed by atoms with Gasteiger partial charge >= 0.3 is 5.97 Å². The van der Waals surface area contributed by atoms with Gasteiger partial charge in [-0.15, -0.1) is 23.1 Å². The van der Waals surface area contributed by atoms with E-state index in [-0.39, 0.29) is 4.88 Å². The highest BCUT2D eigenvalue weighted by Crippen LogP contribution is 2.27. The predicted molar refractivity (Wildman–Crippen MR) is 70.9 cm³/mol. The van der Waals surface area contributed by atoms with E-state index >= 15 is 0 Å². The SMILES string of the molecule is CCSc1ccc(-c2ncc(C(=O)O)s2)cc1. The van der Waals surface area contributed by atoms with Crippen molar-refractivity contribution in [2.45, 2.75) is 11.8 Å². The molecule has 1 heterocycles. The van der Waals surface area contributed by atoms with Gasteiger partial charge in [-0.25, -0.2) is 9.78 Å². The highest BCUT2D eigenvalue weighted by molar-refractivity contribution is 7.99. The average Bonchev–Trinajstić information content (AvgIpc) is 2.80. The second-order valence-electron chi connectivity index (χ2n) is 3.29. The van der Waals surface area contributed by atoms with Crippen LogP contribution in [0, 0.1) is 0 Å². The fraction of sp³-hybridized carbons (Fsp3) is 0.167. The summed E-state index contributed by atoms with van der Waals surface area (Å²) in [6.45, 7) is 2.11. The highest BCUT2D eigenvalue weighted by Gasteiger charge is 2.09. The van der Waals surface area contributed by atoms with E-state index in [1.54, 1.807) is 11.8 Å².